The molecule has 0 saturated carbocycles. The van der Waals surface area contributed by atoms with Crippen LogP contribution in [0.15, 0.2) is 72.3 Å². The second-order valence-electron chi connectivity index (χ2n) is 5.37. The smallest absolute Gasteiger partial charge is 0.338 e. The lowest BCUT2D eigenvalue weighted by molar-refractivity contribution is -0.136. The van der Waals surface area contributed by atoms with Crippen molar-refractivity contribution in [2.24, 2.45) is 0 Å². The molecule has 0 saturated heterocycles. The maximum Gasteiger partial charge on any atom is 0.338 e. The molecule has 0 fully saturated rings. The minimum Gasteiger partial charge on any atom is -0.462 e. The average molecular weight is 355 g/mol. The van der Waals surface area contributed by atoms with Crippen molar-refractivity contribution in [1.82, 2.24) is 3.97 Å². The number of fused-ring (bicyclic) bond motifs is 1. The number of esters is 1. The summed E-state index contributed by atoms with van der Waals surface area (Å²) >= 11 is 0. The van der Waals surface area contributed by atoms with Crippen LogP contribution in [0.3, 0.4) is 0 Å². The van der Waals surface area contributed by atoms with Crippen LogP contribution in [0.5, 0.6) is 0 Å². The van der Waals surface area contributed by atoms with E-state index < -0.39 is 16.0 Å². The molecule has 1 aromatic heterocycles. The molecule has 5 nitrogen and oxygen atoms in total. The molecule has 128 valence electrons. The Kier molecular flexibility index (Phi) is 4.46. The lowest BCUT2D eigenvalue weighted by Gasteiger charge is -2.07. The summed E-state index contributed by atoms with van der Waals surface area (Å²) in [5.74, 6) is -0.567. The van der Waals surface area contributed by atoms with Crippen molar-refractivity contribution in [1.29, 1.82) is 0 Å². The first-order chi connectivity index (χ1) is 12.0. The van der Waals surface area contributed by atoms with Gasteiger partial charge in [-0.1, -0.05) is 43.0 Å². The van der Waals surface area contributed by atoms with Gasteiger partial charge in [-0.3, -0.25) is 0 Å². The Morgan fingerprint density at radius 1 is 1.08 bits per heavy atom. The van der Waals surface area contributed by atoms with E-state index in [4.69, 9.17) is 4.74 Å². The van der Waals surface area contributed by atoms with Gasteiger partial charge in [0.15, 0.2) is 0 Å². The highest BCUT2D eigenvalue weighted by molar-refractivity contribution is 7.90. The monoisotopic (exact) mass is 355 g/mol. The normalized spacial score (nSPS) is 11.4. The third kappa shape index (κ3) is 2.96. The molecular formula is C19H17NO4S. The van der Waals surface area contributed by atoms with Gasteiger partial charge in [0.1, 0.15) is 0 Å². The molecule has 0 atom stereocenters. The molecule has 0 aliphatic carbocycles. The predicted molar refractivity (Wildman–Crippen MR) is 96.6 cm³/mol. The minimum absolute atomic E-state index is 0.125. The number of nitrogens with zero attached hydrogens (tertiary/aromatic N) is 1. The maximum absolute atomic E-state index is 13.0. The van der Waals surface area contributed by atoms with Crippen molar-refractivity contribution in [2.45, 2.75) is 11.8 Å². The fraction of sp³-hybridized carbons (Fsp3) is 0.105. The predicted octanol–water partition coefficient (Wildman–Crippen LogP) is 3.45. The van der Waals surface area contributed by atoms with E-state index in [9.17, 15) is 13.2 Å². The van der Waals surface area contributed by atoms with Crippen LogP contribution in [0.4, 0.5) is 0 Å². The summed E-state index contributed by atoms with van der Waals surface area (Å²) in [6, 6.07) is 15.1. The van der Waals surface area contributed by atoms with Crippen LogP contribution >= 0.6 is 0 Å². The van der Waals surface area contributed by atoms with Crippen LogP contribution in [-0.4, -0.2) is 25.0 Å². The third-order valence-electron chi connectivity index (χ3n) is 3.82. The molecule has 1 heterocycles. The van der Waals surface area contributed by atoms with Crippen molar-refractivity contribution in [3.05, 3.63) is 72.9 Å². The van der Waals surface area contributed by atoms with Gasteiger partial charge >= 0.3 is 5.97 Å². The molecule has 25 heavy (non-hydrogen) atoms. The molecule has 3 rings (SSSR count). The van der Waals surface area contributed by atoms with Gasteiger partial charge in [0, 0.05) is 17.1 Å². The van der Waals surface area contributed by atoms with E-state index in [1.807, 2.05) is 0 Å². The van der Waals surface area contributed by atoms with Crippen LogP contribution in [0.25, 0.3) is 16.5 Å². The molecule has 3 aromatic rings. The van der Waals surface area contributed by atoms with Gasteiger partial charge in [-0.15, -0.1) is 0 Å². The largest absolute Gasteiger partial charge is 0.462 e. The first-order valence-corrected chi connectivity index (χ1v) is 9.18. The van der Waals surface area contributed by atoms with Gasteiger partial charge in [0.25, 0.3) is 10.0 Å². The molecule has 0 amide bonds. The van der Waals surface area contributed by atoms with Gasteiger partial charge in [0.2, 0.25) is 0 Å². The van der Waals surface area contributed by atoms with Crippen molar-refractivity contribution in [3.8, 4) is 0 Å². The third-order valence-corrected chi connectivity index (χ3v) is 5.51. The van der Waals surface area contributed by atoms with Crippen LogP contribution in [0.2, 0.25) is 0 Å². The molecule has 0 spiro atoms. The quantitative estimate of drug-likeness (QED) is 0.519. The Morgan fingerprint density at radius 3 is 2.40 bits per heavy atom. The van der Waals surface area contributed by atoms with Gasteiger partial charge in [-0.2, -0.15) is 0 Å². The Morgan fingerprint density at radius 2 is 1.72 bits per heavy atom. The number of hydrogen-bond donors (Lipinski definition) is 0. The molecule has 0 aliphatic rings. The Balaban J connectivity index is 2.22. The Bertz CT molecular complexity index is 1050. The molecule has 0 N–H and O–H groups in total. The lowest BCUT2D eigenvalue weighted by atomic mass is 10.1. The Labute approximate surface area is 146 Å². The molecule has 0 radical (unpaired) electrons. The molecular weight excluding hydrogens is 338 g/mol. The summed E-state index contributed by atoms with van der Waals surface area (Å²) in [7, 11) is -3.79. The first-order valence-electron chi connectivity index (χ1n) is 7.74. The molecule has 2 aromatic carbocycles. The summed E-state index contributed by atoms with van der Waals surface area (Å²) in [5, 5.41) is 0.625. The number of carbonyl (C=O) groups excluding carboxylic acids is 1. The number of rotatable bonds is 5. The van der Waals surface area contributed by atoms with E-state index in [1.165, 1.54) is 22.3 Å². The molecule has 0 aliphatic heterocycles. The molecule has 0 bridgehead atoms. The molecule has 0 unspecified atom stereocenters. The van der Waals surface area contributed by atoms with Crippen molar-refractivity contribution < 1.29 is 17.9 Å². The molecule has 6 heteroatoms. The summed E-state index contributed by atoms with van der Waals surface area (Å²) in [4.78, 5) is 12.2. The number of benzene rings is 2. The van der Waals surface area contributed by atoms with Crippen LogP contribution in [-0.2, 0) is 19.6 Å². The maximum atomic E-state index is 13.0. The fourth-order valence-corrected chi connectivity index (χ4v) is 4.01. The first kappa shape index (κ1) is 17.0. The summed E-state index contributed by atoms with van der Waals surface area (Å²) in [5.41, 5.74) is 1.04. The zero-order valence-corrected chi connectivity index (χ0v) is 14.5. The van der Waals surface area contributed by atoms with E-state index >= 15 is 0 Å². The van der Waals surface area contributed by atoms with Crippen molar-refractivity contribution >= 4 is 32.5 Å². The Hall–Kier alpha value is -2.86. The minimum atomic E-state index is -3.79. The van der Waals surface area contributed by atoms with Crippen LogP contribution < -0.4 is 0 Å². The summed E-state index contributed by atoms with van der Waals surface area (Å²) < 4.78 is 32.2. The second-order valence-corrected chi connectivity index (χ2v) is 7.19. The highest BCUT2D eigenvalue weighted by Crippen LogP contribution is 2.30. The fourth-order valence-electron chi connectivity index (χ4n) is 2.62. The van der Waals surface area contributed by atoms with Gasteiger partial charge in [-0.05, 0) is 25.1 Å². The van der Waals surface area contributed by atoms with E-state index in [1.54, 1.807) is 49.4 Å². The van der Waals surface area contributed by atoms with Crippen LogP contribution in [0, 0.1) is 0 Å². The number of hydrogen-bond acceptors (Lipinski definition) is 4. The number of carbonyl (C=O) groups is 1. The average Bonchev–Trinajstić information content (AvgIpc) is 3.02. The zero-order valence-electron chi connectivity index (χ0n) is 13.7. The van der Waals surface area contributed by atoms with Crippen molar-refractivity contribution in [2.75, 3.05) is 6.61 Å². The van der Waals surface area contributed by atoms with Crippen molar-refractivity contribution in [3.63, 3.8) is 0 Å². The standard InChI is InChI=1S/C19H17NO4S/c1-3-24-19(21)14(2)17-13-20(18-12-8-7-11-16(17)18)25(22,23)15-9-5-4-6-10-15/h4-13H,2-3H2,1H3. The number of para-hydroxylation sites is 1. The number of aromatic nitrogens is 1. The second kappa shape index (κ2) is 6.57. The zero-order chi connectivity index (χ0) is 18.0. The van der Waals surface area contributed by atoms with Gasteiger partial charge in [-0.25, -0.2) is 17.2 Å². The summed E-state index contributed by atoms with van der Waals surface area (Å²) in [6.07, 6.45) is 1.42. The van der Waals surface area contributed by atoms with Crippen LogP contribution in [0.1, 0.15) is 12.5 Å². The van der Waals surface area contributed by atoms with Gasteiger partial charge < -0.3 is 4.74 Å². The van der Waals surface area contributed by atoms with E-state index in [0.717, 1.165) is 0 Å². The summed E-state index contributed by atoms with van der Waals surface area (Å²) in [6.45, 7) is 5.70. The SMILES string of the molecule is C=C(C(=O)OCC)c1cn(S(=O)(=O)c2ccccc2)c2ccccc12. The van der Waals surface area contributed by atoms with E-state index in [-0.39, 0.29) is 17.1 Å². The van der Waals surface area contributed by atoms with Gasteiger partial charge in [0.05, 0.1) is 22.6 Å². The van der Waals surface area contributed by atoms with E-state index in [2.05, 4.69) is 6.58 Å². The topological polar surface area (TPSA) is 65.4 Å². The number of ether oxygens (including phenoxy) is 1. The lowest BCUT2D eigenvalue weighted by Crippen LogP contribution is -2.11. The van der Waals surface area contributed by atoms with E-state index in [0.29, 0.717) is 16.5 Å². The highest BCUT2D eigenvalue weighted by atomic mass is 32.2. The highest BCUT2D eigenvalue weighted by Gasteiger charge is 2.23.